The van der Waals surface area contributed by atoms with E-state index in [9.17, 15) is 0 Å². The minimum absolute atomic E-state index is 0.365. The molecule has 0 fully saturated rings. The molecule has 2 heteroatoms. The fourth-order valence-corrected chi connectivity index (χ4v) is 2.93. The highest BCUT2D eigenvalue weighted by atomic mass is 15.1. The topological polar surface area (TPSA) is 15.3 Å². The smallest absolute Gasteiger partial charge is 0.0329 e. The van der Waals surface area contributed by atoms with Gasteiger partial charge in [-0.2, -0.15) is 0 Å². The van der Waals surface area contributed by atoms with Crippen LogP contribution in [-0.2, 0) is 0 Å². The van der Waals surface area contributed by atoms with E-state index in [0.717, 1.165) is 19.5 Å². The van der Waals surface area contributed by atoms with E-state index in [-0.39, 0.29) is 0 Å². The summed E-state index contributed by atoms with van der Waals surface area (Å²) in [6, 6.07) is 7.29. The Morgan fingerprint density at radius 3 is 2.10 bits per heavy atom. The van der Waals surface area contributed by atoms with Crippen molar-refractivity contribution in [2.75, 3.05) is 27.2 Å². The molecule has 0 aliphatic carbocycles. The van der Waals surface area contributed by atoms with Crippen molar-refractivity contribution in [1.82, 2.24) is 10.2 Å². The lowest BCUT2D eigenvalue weighted by Crippen LogP contribution is -2.32. The molecule has 1 rings (SSSR count). The van der Waals surface area contributed by atoms with E-state index in [2.05, 4.69) is 77.1 Å². The van der Waals surface area contributed by atoms with Gasteiger partial charge in [0.05, 0.1) is 0 Å². The number of nitrogens with zero attached hydrogens (tertiary/aromatic N) is 1. The van der Waals surface area contributed by atoms with E-state index >= 15 is 0 Å². The van der Waals surface area contributed by atoms with Crippen LogP contribution < -0.4 is 5.32 Å². The van der Waals surface area contributed by atoms with Gasteiger partial charge in [0.15, 0.2) is 0 Å². The average Bonchev–Trinajstić information content (AvgIpc) is 2.25. The molecule has 114 valence electrons. The predicted molar refractivity (Wildman–Crippen MR) is 89.3 cm³/mol. The van der Waals surface area contributed by atoms with Crippen molar-refractivity contribution in [2.45, 2.75) is 47.1 Å². The summed E-state index contributed by atoms with van der Waals surface area (Å²) in [6.45, 7) is 13.5. The van der Waals surface area contributed by atoms with E-state index in [0.29, 0.717) is 11.5 Å². The number of rotatable bonds is 6. The fourth-order valence-electron chi connectivity index (χ4n) is 2.93. The Balaban J connectivity index is 2.63. The molecule has 0 aliphatic heterocycles. The number of benzene rings is 1. The summed E-state index contributed by atoms with van der Waals surface area (Å²) in [5.74, 6) is 0. The van der Waals surface area contributed by atoms with Gasteiger partial charge >= 0.3 is 0 Å². The van der Waals surface area contributed by atoms with Gasteiger partial charge in [-0.1, -0.05) is 50.1 Å². The Hall–Kier alpha value is -0.860. The molecular formula is C18H32N2. The second-order valence-corrected chi connectivity index (χ2v) is 7.35. The van der Waals surface area contributed by atoms with Gasteiger partial charge in [-0.3, -0.25) is 0 Å². The fraction of sp³-hybridized carbons (Fsp3) is 0.667. The van der Waals surface area contributed by atoms with Crippen LogP contribution in [0.25, 0.3) is 0 Å². The Morgan fingerprint density at radius 1 is 1.10 bits per heavy atom. The van der Waals surface area contributed by atoms with E-state index in [1.54, 1.807) is 0 Å². The first-order valence-corrected chi connectivity index (χ1v) is 7.65. The molecule has 0 heterocycles. The van der Waals surface area contributed by atoms with Crippen molar-refractivity contribution in [3.8, 4) is 0 Å². The lowest BCUT2D eigenvalue weighted by Gasteiger charge is -2.28. The van der Waals surface area contributed by atoms with Crippen molar-refractivity contribution >= 4 is 0 Å². The van der Waals surface area contributed by atoms with Gasteiger partial charge in [-0.15, -0.1) is 0 Å². The highest BCUT2D eigenvalue weighted by Gasteiger charge is 2.15. The summed E-state index contributed by atoms with van der Waals surface area (Å²) in [6.07, 6.45) is 1.14. The second-order valence-electron chi connectivity index (χ2n) is 7.35. The molecule has 20 heavy (non-hydrogen) atoms. The van der Waals surface area contributed by atoms with Gasteiger partial charge in [0.2, 0.25) is 0 Å². The maximum Gasteiger partial charge on any atom is 0.0329 e. The third-order valence-electron chi connectivity index (χ3n) is 3.54. The SMILES string of the molecule is CNC(CCN(C)CC(C)(C)C)c1cc(C)cc(C)c1. The number of nitrogens with one attached hydrogen (secondary N) is 1. The normalized spacial score (nSPS) is 13.8. The van der Waals surface area contributed by atoms with Crippen LogP contribution in [0, 0.1) is 19.3 Å². The highest BCUT2D eigenvalue weighted by Crippen LogP contribution is 2.21. The zero-order valence-electron chi connectivity index (χ0n) is 14.4. The van der Waals surface area contributed by atoms with E-state index in [4.69, 9.17) is 0 Å². The number of hydrogen-bond acceptors (Lipinski definition) is 2. The largest absolute Gasteiger partial charge is 0.313 e. The third kappa shape index (κ3) is 6.06. The standard InChI is InChI=1S/C18H32N2/c1-14-10-15(2)12-16(11-14)17(19-6)8-9-20(7)13-18(3,4)5/h10-12,17,19H,8-9,13H2,1-7H3. The molecule has 1 aromatic rings. The molecule has 1 atom stereocenters. The van der Waals surface area contributed by atoms with Crippen LogP contribution in [0.15, 0.2) is 18.2 Å². The molecule has 1 N–H and O–H groups in total. The predicted octanol–water partition coefficient (Wildman–Crippen LogP) is 3.93. The van der Waals surface area contributed by atoms with Gasteiger partial charge in [-0.25, -0.2) is 0 Å². The first-order valence-electron chi connectivity index (χ1n) is 7.65. The minimum atomic E-state index is 0.365. The number of aryl methyl sites for hydroxylation is 2. The summed E-state index contributed by atoms with van der Waals surface area (Å²) in [7, 11) is 4.28. The van der Waals surface area contributed by atoms with E-state index in [1.165, 1.54) is 16.7 Å². The van der Waals surface area contributed by atoms with Gasteiger partial charge in [0, 0.05) is 12.6 Å². The van der Waals surface area contributed by atoms with Crippen molar-refractivity contribution in [3.63, 3.8) is 0 Å². The van der Waals surface area contributed by atoms with Crippen LogP contribution in [0.2, 0.25) is 0 Å². The Kier molecular flexibility index (Phi) is 6.22. The van der Waals surface area contributed by atoms with Crippen LogP contribution in [-0.4, -0.2) is 32.1 Å². The molecule has 0 spiro atoms. The van der Waals surface area contributed by atoms with Gasteiger partial charge in [-0.05, 0) is 51.9 Å². The molecular weight excluding hydrogens is 244 g/mol. The van der Waals surface area contributed by atoms with Crippen LogP contribution in [0.4, 0.5) is 0 Å². The summed E-state index contributed by atoms with van der Waals surface area (Å²) < 4.78 is 0. The monoisotopic (exact) mass is 276 g/mol. The first kappa shape index (κ1) is 17.2. The zero-order valence-corrected chi connectivity index (χ0v) is 14.4. The molecule has 2 nitrogen and oxygen atoms in total. The first-order chi connectivity index (χ1) is 9.21. The maximum absolute atomic E-state index is 3.46. The van der Waals surface area contributed by atoms with Gasteiger partial charge in [0.25, 0.3) is 0 Å². The molecule has 0 amide bonds. The van der Waals surface area contributed by atoms with Crippen molar-refractivity contribution in [3.05, 3.63) is 34.9 Å². The van der Waals surface area contributed by atoms with Crippen molar-refractivity contribution < 1.29 is 0 Å². The van der Waals surface area contributed by atoms with Gasteiger partial charge in [0.1, 0.15) is 0 Å². The van der Waals surface area contributed by atoms with Crippen LogP contribution >= 0.6 is 0 Å². The Labute approximate surface area is 125 Å². The average molecular weight is 276 g/mol. The summed E-state index contributed by atoms with van der Waals surface area (Å²) in [4.78, 5) is 2.44. The molecule has 0 radical (unpaired) electrons. The van der Waals surface area contributed by atoms with Crippen LogP contribution in [0.1, 0.15) is 49.9 Å². The zero-order chi connectivity index (χ0) is 15.3. The highest BCUT2D eigenvalue weighted by molar-refractivity contribution is 5.30. The molecule has 0 saturated heterocycles. The maximum atomic E-state index is 3.46. The molecule has 0 saturated carbocycles. The third-order valence-corrected chi connectivity index (χ3v) is 3.54. The molecule has 1 unspecified atom stereocenters. The second kappa shape index (κ2) is 7.24. The number of hydrogen-bond donors (Lipinski definition) is 1. The lowest BCUT2D eigenvalue weighted by molar-refractivity contribution is 0.218. The van der Waals surface area contributed by atoms with E-state index < -0.39 is 0 Å². The molecule has 0 aromatic heterocycles. The van der Waals surface area contributed by atoms with Crippen LogP contribution in [0.3, 0.4) is 0 Å². The summed E-state index contributed by atoms with van der Waals surface area (Å²) >= 11 is 0. The minimum Gasteiger partial charge on any atom is -0.313 e. The summed E-state index contributed by atoms with van der Waals surface area (Å²) in [5.41, 5.74) is 4.48. The summed E-state index contributed by atoms with van der Waals surface area (Å²) in [5, 5.41) is 3.46. The van der Waals surface area contributed by atoms with Crippen molar-refractivity contribution in [2.24, 2.45) is 5.41 Å². The molecule has 1 aromatic carbocycles. The van der Waals surface area contributed by atoms with Gasteiger partial charge < -0.3 is 10.2 Å². The Bertz CT molecular complexity index is 398. The Morgan fingerprint density at radius 2 is 1.65 bits per heavy atom. The van der Waals surface area contributed by atoms with Crippen LogP contribution in [0.5, 0.6) is 0 Å². The molecule has 0 aliphatic rings. The van der Waals surface area contributed by atoms with Crippen molar-refractivity contribution in [1.29, 1.82) is 0 Å². The molecule has 0 bridgehead atoms. The van der Waals surface area contributed by atoms with E-state index in [1.807, 2.05) is 0 Å². The quantitative estimate of drug-likeness (QED) is 0.847. The lowest BCUT2D eigenvalue weighted by atomic mass is 9.95.